The average molecular weight is 284 g/mol. The molecule has 3 rings (SSSR count). The molecule has 0 radical (unpaired) electrons. The Morgan fingerprint density at radius 1 is 1.24 bits per heavy atom. The SMILES string of the molecule is CC(C)(C)CCC1CC=Cc2ccc(NC3CCC3)nc21. The van der Waals surface area contributed by atoms with Crippen LogP contribution < -0.4 is 5.32 Å². The third kappa shape index (κ3) is 3.66. The first kappa shape index (κ1) is 14.6. The quantitative estimate of drug-likeness (QED) is 0.803. The monoisotopic (exact) mass is 284 g/mol. The largest absolute Gasteiger partial charge is 0.367 e. The molecule has 0 aliphatic heterocycles. The van der Waals surface area contributed by atoms with E-state index in [-0.39, 0.29) is 0 Å². The lowest BCUT2D eigenvalue weighted by molar-refractivity contribution is 0.346. The molecule has 0 amide bonds. The number of rotatable bonds is 4. The maximum absolute atomic E-state index is 4.95. The highest BCUT2D eigenvalue weighted by molar-refractivity contribution is 5.58. The van der Waals surface area contributed by atoms with Gasteiger partial charge in [0, 0.05) is 12.0 Å². The Balaban J connectivity index is 1.74. The summed E-state index contributed by atoms with van der Waals surface area (Å²) in [5, 5.41) is 3.59. The van der Waals surface area contributed by atoms with E-state index in [0.29, 0.717) is 17.4 Å². The molecular formula is C19H28N2. The molecule has 1 fully saturated rings. The van der Waals surface area contributed by atoms with Crippen molar-refractivity contribution in [1.82, 2.24) is 4.98 Å². The molecule has 1 saturated carbocycles. The van der Waals surface area contributed by atoms with Crippen molar-refractivity contribution in [2.75, 3.05) is 5.32 Å². The first-order chi connectivity index (χ1) is 10.0. The summed E-state index contributed by atoms with van der Waals surface area (Å²) in [6.07, 6.45) is 12.1. The minimum Gasteiger partial charge on any atom is -0.367 e. The summed E-state index contributed by atoms with van der Waals surface area (Å²) >= 11 is 0. The van der Waals surface area contributed by atoms with Gasteiger partial charge < -0.3 is 5.32 Å². The van der Waals surface area contributed by atoms with E-state index in [1.807, 2.05) is 0 Å². The zero-order valence-corrected chi connectivity index (χ0v) is 13.7. The lowest BCUT2D eigenvalue weighted by Gasteiger charge is -2.29. The summed E-state index contributed by atoms with van der Waals surface area (Å²) in [6, 6.07) is 5.04. The molecule has 1 atom stereocenters. The molecule has 1 aromatic rings. The van der Waals surface area contributed by atoms with E-state index >= 15 is 0 Å². The van der Waals surface area contributed by atoms with E-state index in [2.05, 4.69) is 50.4 Å². The van der Waals surface area contributed by atoms with Crippen molar-refractivity contribution < 1.29 is 0 Å². The fourth-order valence-electron chi connectivity index (χ4n) is 3.13. The maximum atomic E-state index is 4.95. The Bertz CT molecular complexity index is 521. The molecule has 1 aromatic heterocycles. The summed E-state index contributed by atoms with van der Waals surface area (Å²) in [5.41, 5.74) is 3.04. The number of fused-ring (bicyclic) bond motifs is 1. The third-order valence-corrected chi connectivity index (χ3v) is 4.76. The molecule has 2 heteroatoms. The molecule has 2 aliphatic carbocycles. The Morgan fingerprint density at radius 2 is 2.05 bits per heavy atom. The summed E-state index contributed by atoms with van der Waals surface area (Å²) in [6.45, 7) is 6.98. The molecule has 0 aromatic carbocycles. The van der Waals surface area contributed by atoms with Crippen LogP contribution in [-0.2, 0) is 0 Å². The summed E-state index contributed by atoms with van der Waals surface area (Å²) < 4.78 is 0. The lowest BCUT2D eigenvalue weighted by atomic mass is 9.82. The van der Waals surface area contributed by atoms with E-state index in [1.54, 1.807) is 0 Å². The second-order valence-electron chi connectivity index (χ2n) is 7.88. The Morgan fingerprint density at radius 3 is 2.71 bits per heavy atom. The van der Waals surface area contributed by atoms with Crippen LogP contribution in [0.4, 0.5) is 5.82 Å². The van der Waals surface area contributed by atoms with Crippen molar-refractivity contribution in [1.29, 1.82) is 0 Å². The maximum Gasteiger partial charge on any atom is 0.126 e. The summed E-state index contributed by atoms with van der Waals surface area (Å²) in [5.74, 6) is 1.67. The second-order valence-corrected chi connectivity index (χ2v) is 7.88. The number of hydrogen-bond acceptors (Lipinski definition) is 2. The highest BCUT2D eigenvalue weighted by atomic mass is 15.0. The van der Waals surface area contributed by atoms with Crippen molar-refractivity contribution >= 4 is 11.9 Å². The third-order valence-electron chi connectivity index (χ3n) is 4.76. The fraction of sp³-hybridized carbons (Fsp3) is 0.632. The van der Waals surface area contributed by atoms with Gasteiger partial charge in [0.05, 0.1) is 5.69 Å². The first-order valence-corrected chi connectivity index (χ1v) is 8.45. The molecule has 1 heterocycles. The molecule has 0 spiro atoms. The second kappa shape index (κ2) is 5.82. The van der Waals surface area contributed by atoms with Crippen LogP contribution in [0, 0.1) is 5.41 Å². The van der Waals surface area contributed by atoms with Gasteiger partial charge >= 0.3 is 0 Å². The van der Waals surface area contributed by atoms with Gasteiger partial charge in [-0.1, -0.05) is 32.9 Å². The predicted octanol–water partition coefficient (Wildman–Crippen LogP) is 5.37. The fourth-order valence-corrected chi connectivity index (χ4v) is 3.13. The van der Waals surface area contributed by atoms with Crippen molar-refractivity contribution in [3.05, 3.63) is 29.5 Å². The number of nitrogens with one attached hydrogen (secondary N) is 1. The zero-order chi connectivity index (χ0) is 14.9. The molecule has 0 bridgehead atoms. The predicted molar refractivity (Wildman–Crippen MR) is 90.6 cm³/mol. The topological polar surface area (TPSA) is 24.9 Å². The van der Waals surface area contributed by atoms with Crippen LogP contribution in [-0.4, -0.2) is 11.0 Å². The van der Waals surface area contributed by atoms with Gasteiger partial charge in [-0.3, -0.25) is 0 Å². The van der Waals surface area contributed by atoms with Crippen LogP contribution >= 0.6 is 0 Å². The van der Waals surface area contributed by atoms with E-state index < -0.39 is 0 Å². The van der Waals surface area contributed by atoms with Gasteiger partial charge in [-0.2, -0.15) is 0 Å². The lowest BCUT2D eigenvalue weighted by Crippen LogP contribution is -2.27. The van der Waals surface area contributed by atoms with Crippen molar-refractivity contribution in [2.24, 2.45) is 5.41 Å². The van der Waals surface area contributed by atoms with E-state index in [1.165, 1.54) is 43.4 Å². The van der Waals surface area contributed by atoms with Gasteiger partial charge in [-0.25, -0.2) is 4.98 Å². The number of anilines is 1. The standard InChI is InChI=1S/C19H28N2/c1-19(2,3)13-12-15-7-4-6-14-10-11-17(21-18(14)15)20-16-8-5-9-16/h4,6,10-11,15-16H,5,7-9,12-13H2,1-3H3,(H,20,21). The van der Waals surface area contributed by atoms with Crippen LogP contribution in [0.3, 0.4) is 0 Å². The molecule has 0 saturated heterocycles. The smallest absolute Gasteiger partial charge is 0.126 e. The van der Waals surface area contributed by atoms with Crippen LogP contribution in [0.2, 0.25) is 0 Å². The van der Waals surface area contributed by atoms with Crippen LogP contribution in [0.5, 0.6) is 0 Å². The molecular weight excluding hydrogens is 256 g/mol. The normalized spacial score (nSPS) is 21.8. The Kier molecular flexibility index (Phi) is 4.05. The van der Waals surface area contributed by atoms with Crippen molar-refractivity contribution in [3.8, 4) is 0 Å². The van der Waals surface area contributed by atoms with Crippen LogP contribution in [0.1, 0.15) is 76.5 Å². The first-order valence-electron chi connectivity index (χ1n) is 8.45. The van der Waals surface area contributed by atoms with Gasteiger partial charge in [0.25, 0.3) is 0 Å². The van der Waals surface area contributed by atoms with Crippen LogP contribution in [0.15, 0.2) is 18.2 Å². The molecule has 1 unspecified atom stereocenters. The number of hydrogen-bond donors (Lipinski definition) is 1. The number of pyridine rings is 1. The van der Waals surface area contributed by atoms with Gasteiger partial charge in [-0.15, -0.1) is 0 Å². The molecule has 2 nitrogen and oxygen atoms in total. The highest BCUT2D eigenvalue weighted by Gasteiger charge is 2.23. The van der Waals surface area contributed by atoms with Crippen LogP contribution in [0.25, 0.3) is 6.08 Å². The van der Waals surface area contributed by atoms with Gasteiger partial charge in [0.2, 0.25) is 0 Å². The Labute approximate surface area is 129 Å². The molecule has 1 N–H and O–H groups in total. The highest BCUT2D eigenvalue weighted by Crippen LogP contribution is 2.36. The summed E-state index contributed by atoms with van der Waals surface area (Å²) in [7, 11) is 0. The van der Waals surface area contributed by atoms with Gasteiger partial charge in [-0.05, 0) is 61.6 Å². The molecule has 21 heavy (non-hydrogen) atoms. The van der Waals surface area contributed by atoms with Crippen molar-refractivity contribution in [3.63, 3.8) is 0 Å². The Hall–Kier alpha value is -1.31. The molecule has 114 valence electrons. The minimum absolute atomic E-state index is 0.406. The van der Waals surface area contributed by atoms with Crippen molar-refractivity contribution in [2.45, 2.75) is 71.3 Å². The zero-order valence-electron chi connectivity index (χ0n) is 13.7. The van der Waals surface area contributed by atoms with E-state index in [4.69, 9.17) is 4.98 Å². The number of allylic oxidation sites excluding steroid dienone is 1. The van der Waals surface area contributed by atoms with E-state index in [9.17, 15) is 0 Å². The average Bonchev–Trinajstić information content (AvgIpc) is 2.39. The summed E-state index contributed by atoms with van der Waals surface area (Å²) in [4.78, 5) is 4.95. The number of nitrogens with zero attached hydrogens (tertiary/aromatic N) is 1. The van der Waals surface area contributed by atoms with E-state index in [0.717, 1.165) is 12.2 Å². The molecule has 2 aliphatic rings. The number of aromatic nitrogens is 1. The minimum atomic E-state index is 0.406. The van der Waals surface area contributed by atoms with Gasteiger partial charge in [0.15, 0.2) is 0 Å². The van der Waals surface area contributed by atoms with Gasteiger partial charge in [0.1, 0.15) is 5.82 Å².